The van der Waals surface area contributed by atoms with Crippen molar-refractivity contribution in [1.29, 1.82) is 0 Å². The van der Waals surface area contributed by atoms with Gasteiger partial charge in [0.05, 0.1) is 26.9 Å². The van der Waals surface area contributed by atoms with Gasteiger partial charge in [-0.3, -0.25) is 14.2 Å². The summed E-state index contributed by atoms with van der Waals surface area (Å²) in [5, 5.41) is 6.37. The first-order valence-electron chi connectivity index (χ1n) is 6.88. The van der Waals surface area contributed by atoms with Crippen LogP contribution < -0.4 is 10.9 Å². The smallest absolute Gasteiger partial charge is 0.262 e. The molecule has 0 spiro atoms. The van der Waals surface area contributed by atoms with Crippen LogP contribution in [0.5, 0.6) is 0 Å². The van der Waals surface area contributed by atoms with Crippen LogP contribution in [-0.2, 0) is 11.8 Å². The predicted molar refractivity (Wildman–Crippen MR) is 106 cm³/mol. The zero-order valence-electron chi connectivity index (χ0n) is 12.7. The Morgan fingerprint density at radius 2 is 2.00 bits per heavy atom. The van der Waals surface area contributed by atoms with Gasteiger partial charge in [0.1, 0.15) is 4.83 Å². The maximum Gasteiger partial charge on any atom is 0.262 e. The number of anilines is 1. The van der Waals surface area contributed by atoms with Gasteiger partial charge in [-0.2, -0.15) is 0 Å². The molecular weight excluding hydrogens is 425 g/mol. The minimum atomic E-state index is -0.323. The highest BCUT2D eigenvalue weighted by Gasteiger charge is 2.14. The first-order chi connectivity index (χ1) is 11.9. The standard InChI is InChI=1S/C15H10Cl3N3O2S2/c1-21-14(23)8-2-3-24-13(8)20-15(21)25-6-11(22)19-12-9(17)4-7(16)5-10(12)18/h2-5H,6H2,1H3,(H,19,22). The van der Waals surface area contributed by atoms with Gasteiger partial charge in [0, 0.05) is 12.1 Å². The first kappa shape index (κ1) is 18.5. The fraction of sp³-hybridized carbons (Fsp3) is 0.133. The Bertz CT molecular complexity index is 1010. The van der Waals surface area contributed by atoms with Gasteiger partial charge in [-0.25, -0.2) is 4.98 Å². The number of thiophene rings is 1. The fourth-order valence-electron chi connectivity index (χ4n) is 2.08. The maximum absolute atomic E-state index is 12.2. The first-order valence-corrected chi connectivity index (χ1v) is 9.88. The van der Waals surface area contributed by atoms with E-state index in [2.05, 4.69) is 10.3 Å². The van der Waals surface area contributed by atoms with Gasteiger partial charge in [-0.05, 0) is 23.6 Å². The molecule has 0 aliphatic carbocycles. The van der Waals surface area contributed by atoms with Crippen LogP contribution in [0, 0.1) is 0 Å². The quantitative estimate of drug-likeness (QED) is 0.478. The van der Waals surface area contributed by atoms with Gasteiger partial charge in [0.2, 0.25) is 5.91 Å². The van der Waals surface area contributed by atoms with Crippen molar-refractivity contribution in [2.75, 3.05) is 11.1 Å². The number of fused-ring (bicyclic) bond motifs is 1. The fourth-order valence-corrected chi connectivity index (χ4v) is 4.56. The Kier molecular flexibility index (Phi) is 5.60. The molecule has 0 radical (unpaired) electrons. The summed E-state index contributed by atoms with van der Waals surface area (Å²) in [7, 11) is 1.62. The van der Waals surface area contributed by atoms with Crippen LogP contribution in [0.25, 0.3) is 10.2 Å². The van der Waals surface area contributed by atoms with E-state index in [0.717, 1.165) is 11.8 Å². The SMILES string of the molecule is Cn1c(SCC(=O)Nc2c(Cl)cc(Cl)cc2Cl)nc2sccc2c1=O. The minimum Gasteiger partial charge on any atom is -0.323 e. The van der Waals surface area contributed by atoms with E-state index in [1.54, 1.807) is 13.1 Å². The van der Waals surface area contributed by atoms with E-state index in [1.165, 1.54) is 28.0 Å². The summed E-state index contributed by atoms with van der Waals surface area (Å²) in [6, 6.07) is 4.72. The zero-order valence-corrected chi connectivity index (χ0v) is 16.6. The van der Waals surface area contributed by atoms with Crippen molar-refractivity contribution in [3.63, 3.8) is 0 Å². The Morgan fingerprint density at radius 1 is 1.32 bits per heavy atom. The molecule has 0 bridgehead atoms. The molecule has 10 heteroatoms. The molecule has 25 heavy (non-hydrogen) atoms. The number of nitrogens with zero attached hydrogens (tertiary/aromatic N) is 2. The summed E-state index contributed by atoms with van der Waals surface area (Å²) in [4.78, 5) is 29.5. The van der Waals surface area contributed by atoms with E-state index in [9.17, 15) is 9.59 Å². The number of thioether (sulfide) groups is 1. The molecule has 1 aromatic carbocycles. The van der Waals surface area contributed by atoms with E-state index in [4.69, 9.17) is 34.8 Å². The lowest BCUT2D eigenvalue weighted by Gasteiger charge is -2.10. The van der Waals surface area contributed by atoms with Gasteiger partial charge in [0.25, 0.3) is 5.56 Å². The van der Waals surface area contributed by atoms with Gasteiger partial charge in [0.15, 0.2) is 5.16 Å². The van der Waals surface area contributed by atoms with Gasteiger partial charge < -0.3 is 5.32 Å². The Hall–Kier alpha value is -1.25. The maximum atomic E-state index is 12.2. The summed E-state index contributed by atoms with van der Waals surface area (Å²) in [6.45, 7) is 0. The average Bonchev–Trinajstić information content (AvgIpc) is 3.01. The van der Waals surface area contributed by atoms with Crippen LogP contribution in [-0.4, -0.2) is 21.2 Å². The third-order valence-corrected chi connectivity index (χ3v) is 5.92. The number of benzene rings is 1. The number of hydrogen-bond donors (Lipinski definition) is 1. The molecule has 5 nitrogen and oxygen atoms in total. The zero-order chi connectivity index (χ0) is 18.1. The molecule has 0 atom stereocenters. The number of carbonyl (C=O) groups excluding carboxylic acids is 1. The highest BCUT2D eigenvalue weighted by molar-refractivity contribution is 7.99. The summed E-state index contributed by atoms with van der Waals surface area (Å²) in [5.41, 5.74) is 0.159. The molecule has 1 amide bonds. The third kappa shape index (κ3) is 3.96. The topological polar surface area (TPSA) is 64.0 Å². The molecule has 0 aliphatic heterocycles. The molecule has 2 heterocycles. The second-order valence-electron chi connectivity index (χ2n) is 4.98. The van der Waals surface area contributed by atoms with Gasteiger partial charge in [-0.15, -0.1) is 11.3 Å². The van der Waals surface area contributed by atoms with Crippen LogP contribution in [0.4, 0.5) is 5.69 Å². The molecule has 0 unspecified atom stereocenters. The van der Waals surface area contributed by atoms with E-state index >= 15 is 0 Å². The minimum absolute atomic E-state index is 0.0481. The van der Waals surface area contributed by atoms with Crippen LogP contribution in [0.15, 0.2) is 33.5 Å². The van der Waals surface area contributed by atoms with E-state index in [1.807, 2.05) is 5.38 Å². The summed E-state index contributed by atoms with van der Waals surface area (Å²) >= 11 is 20.5. The third-order valence-electron chi connectivity index (χ3n) is 3.27. The summed E-state index contributed by atoms with van der Waals surface area (Å²) in [5.74, 6) is -0.274. The van der Waals surface area contributed by atoms with Crippen molar-refractivity contribution in [3.05, 3.63) is 49.0 Å². The number of hydrogen-bond acceptors (Lipinski definition) is 5. The van der Waals surface area contributed by atoms with Gasteiger partial charge >= 0.3 is 0 Å². The molecule has 3 rings (SSSR count). The lowest BCUT2D eigenvalue weighted by molar-refractivity contribution is -0.113. The van der Waals surface area contributed by atoms with Crippen LogP contribution in [0.2, 0.25) is 15.1 Å². The number of carbonyl (C=O) groups is 1. The second kappa shape index (κ2) is 7.55. The molecule has 0 fully saturated rings. The normalized spacial score (nSPS) is 11.0. The van der Waals surface area contributed by atoms with E-state index in [0.29, 0.717) is 26.1 Å². The monoisotopic (exact) mass is 433 g/mol. The van der Waals surface area contributed by atoms with Crippen molar-refractivity contribution >= 4 is 79.7 Å². The number of halogens is 3. The lowest BCUT2D eigenvalue weighted by Crippen LogP contribution is -2.21. The molecule has 0 saturated heterocycles. The number of aromatic nitrogens is 2. The second-order valence-corrected chi connectivity index (χ2v) is 8.07. The number of rotatable bonds is 4. The van der Waals surface area contributed by atoms with Crippen molar-refractivity contribution in [3.8, 4) is 0 Å². The lowest BCUT2D eigenvalue weighted by atomic mass is 10.3. The number of nitrogens with one attached hydrogen (secondary N) is 1. The molecule has 0 aliphatic rings. The molecule has 2 aromatic heterocycles. The Morgan fingerprint density at radius 3 is 2.68 bits per heavy atom. The average molecular weight is 435 g/mol. The van der Waals surface area contributed by atoms with E-state index < -0.39 is 0 Å². The molecule has 1 N–H and O–H groups in total. The highest BCUT2D eigenvalue weighted by Crippen LogP contribution is 2.33. The number of amides is 1. The predicted octanol–water partition coefficient (Wildman–Crippen LogP) is 4.69. The highest BCUT2D eigenvalue weighted by atomic mass is 35.5. The van der Waals surface area contributed by atoms with Crippen molar-refractivity contribution in [2.45, 2.75) is 5.16 Å². The molecule has 3 aromatic rings. The summed E-state index contributed by atoms with van der Waals surface area (Å²) < 4.78 is 1.43. The Balaban J connectivity index is 1.75. The van der Waals surface area contributed by atoms with Crippen LogP contribution in [0.3, 0.4) is 0 Å². The van der Waals surface area contributed by atoms with Crippen molar-refractivity contribution in [1.82, 2.24) is 9.55 Å². The van der Waals surface area contributed by atoms with Crippen LogP contribution in [0.1, 0.15) is 0 Å². The van der Waals surface area contributed by atoms with Gasteiger partial charge in [-0.1, -0.05) is 46.6 Å². The van der Waals surface area contributed by atoms with Crippen LogP contribution >= 0.6 is 57.9 Å². The molecule has 130 valence electrons. The molecular formula is C15H10Cl3N3O2S2. The van der Waals surface area contributed by atoms with Crippen molar-refractivity contribution in [2.24, 2.45) is 7.05 Å². The largest absolute Gasteiger partial charge is 0.323 e. The molecule has 0 saturated carbocycles. The van der Waals surface area contributed by atoms with E-state index in [-0.39, 0.29) is 27.3 Å². The van der Waals surface area contributed by atoms with Crippen molar-refractivity contribution < 1.29 is 4.79 Å². The summed E-state index contributed by atoms with van der Waals surface area (Å²) in [6.07, 6.45) is 0. The Labute approximate surface area is 165 Å².